The molecule has 4 rings (SSSR count). The number of benzene rings is 2. The van der Waals surface area contributed by atoms with Crippen LogP contribution >= 0.6 is 0 Å². The van der Waals surface area contributed by atoms with Crippen molar-refractivity contribution in [2.45, 2.75) is 26.1 Å². The van der Waals surface area contributed by atoms with E-state index in [1.807, 2.05) is 16.8 Å². The Morgan fingerprint density at radius 1 is 1.03 bits per heavy atom. The van der Waals surface area contributed by atoms with Crippen molar-refractivity contribution >= 4 is 10.9 Å². The van der Waals surface area contributed by atoms with Crippen LogP contribution in [0.2, 0.25) is 0 Å². The Labute approximate surface area is 193 Å². The Morgan fingerprint density at radius 2 is 1.82 bits per heavy atom. The van der Waals surface area contributed by atoms with Gasteiger partial charge in [-0.25, -0.2) is 4.39 Å². The maximum atomic E-state index is 14.3. The van der Waals surface area contributed by atoms with Crippen LogP contribution in [0.3, 0.4) is 0 Å². The van der Waals surface area contributed by atoms with Crippen molar-refractivity contribution in [2.24, 2.45) is 0 Å². The lowest BCUT2D eigenvalue weighted by Gasteiger charge is -2.15. The van der Waals surface area contributed by atoms with E-state index < -0.39 is 23.1 Å². The van der Waals surface area contributed by atoms with E-state index in [2.05, 4.69) is 24.0 Å². The smallest absolute Gasteiger partial charge is 0.305 e. The first kappa shape index (κ1) is 23.7. The number of likely N-dealkylation sites (N-methyl/N-ethyl adjacent to an activating group) is 1. The summed E-state index contributed by atoms with van der Waals surface area (Å²) >= 11 is 0. The Hall–Kier alpha value is -3.46. The van der Waals surface area contributed by atoms with E-state index in [9.17, 15) is 22.4 Å². The van der Waals surface area contributed by atoms with Gasteiger partial charge in [0.2, 0.25) is 0 Å². The van der Waals surface area contributed by atoms with E-state index in [0.29, 0.717) is 11.8 Å². The number of pyridine rings is 1. The summed E-state index contributed by atoms with van der Waals surface area (Å²) in [5.41, 5.74) is 0.196. The van der Waals surface area contributed by atoms with Crippen molar-refractivity contribution in [2.75, 3.05) is 20.1 Å². The number of hydrogen-bond acceptors (Lipinski definition) is 3. The van der Waals surface area contributed by atoms with Crippen molar-refractivity contribution in [3.8, 4) is 16.8 Å². The van der Waals surface area contributed by atoms with Gasteiger partial charge in [-0.2, -0.15) is 18.3 Å². The molecule has 0 amide bonds. The predicted octanol–water partition coefficient (Wildman–Crippen LogP) is 5.35. The molecule has 0 fully saturated rings. The van der Waals surface area contributed by atoms with Gasteiger partial charge >= 0.3 is 6.18 Å². The lowest BCUT2D eigenvalue weighted by molar-refractivity contribution is -0.137. The van der Waals surface area contributed by atoms with Crippen LogP contribution < -0.4 is 5.56 Å². The zero-order valence-electron chi connectivity index (χ0n) is 18.8. The fourth-order valence-electron chi connectivity index (χ4n) is 3.95. The third-order valence-corrected chi connectivity index (χ3v) is 5.73. The van der Waals surface area contributed by atoms with E-state index >= 15 is 0 Å². The molecule has 0 saturated carbocycles. The average molecular weight is 472 g/mol. The van der Waals surface area contributed by atoms with Crippen LogP contribution in [0.4, 0.5) is 17.6 Å². The van der Waals surface area contributed by atoms with E-state index in [1.54, 1.807) is 12.3 Å². The van der Waals surface area contributed by atoms with Crippen molar-refractivity contribution in [3.05, 3.63) is 82.7 Å². The van der Waals surface area contributed by atoms with Crippen LogP contribution in [0.1, 0.15) is 18.9 Å². The lowest BCUT2D eigenvalue weighted by Crippen LogP contribution is -2.24. The molecule has 2 aromatic heterocycles. The predicted molar refractivity (Wildman–Crippen MR) is 124 cm³/mol. The molecule has 0 unspecified atom stereocenters. The standard InChI is InChI=1S/C25H24F4N4O/c1-3-9-31(2)11-12-33-23-7-5-20(13-18(23)16-30-33)32-10-8-17(14-24(32)34)21-6-4-19(15-22(21)26)25(27,28)29/h4-8,10,13-16H,3,9,11-12H2,1-2H3. The van der Waals surface area contributed by atoms with Gasteiger partial charge in [-0.05, 0) is 62.0 Å². The van der Waals surface area contributed by atoms with Crippen LogP contribution in [-0.4, -0.2) is 39.4 Å². The molecule has 4 aromatic rings. The number of aromatic nitrogens is 3. The number of nitrogens with zero attached hydrogens (tertiary/aromatic N) is 4. The summed E-state index contributed by atoms with van der Waals surface area (Å²) in [4.78, 5) is 15.0. The maximum Gasteiger partial charge on any atom is 0.416 e. The summed E-state index contributed by atoms with van der Waals surface area (Å²) in [7, 11) is 2.07. The third-order valence-electron chi connectivity index (χ3n) is 5.73. The van der Waals surface area contributed by atoms with Crippen molar-refractivity contribution in [1.82, 2.24) is 19.2 Å². The molecule has 0 spiro atoms. The van der Waals surface area contributed by atoms with Crippen molar-refractivity contribution in [1.29, 1.82) is 0 Å². The Morgan fingerprint density at radius 3 is 2.50 bits per heavy atom. The molecule has 0 aliphatic rings. The van der Waals surface area contributed by atoms with Crippen molar-refractivity contribution in [3.63, 3.8) is 0 Å². The highest BCUT2D eigenvalue weighted by molar-refractivity contribution is 5.81. The fourth-order valence-corrected chi connectivity index (χ4v) is 3.95. The van der Waals surface area contributed by atoms with Gasteiger partial charge in [-0.3, -0.25) is 14.0 Å². The minimum atomic E-state index is -4.64. The second-order valence-corrected chi connectivity index (χ2v) is 8.23. The first-order chi connectivity index (χ1) is 16.2. The van der Waals surface area contributed by atoms with E-state index in [1.165, 1.54) is 22.9 Å². The van der Waals surface area contributed by atoms with Gasteiger partial charge < -0.3 is 4.90 Å². The van der Waals surface area contributed by atoms with Gasteiger partial charge in [0.1, 0.15) is 5.82 Å². The first-order valence-electron chi connectivity index (χ1n) is 10.9. The second-order valence-electron chi connectivity index (χ2n) is 8.23. The summed E-state index contributed by atoms with van der Waals surface area (Å²) in [6.45, 7) is 4.76. The number of fused-ring (bicyclic) bond motifs is 1. The third kappa shape index (κ3) is 4.89. The molecule has 0 aliphatic carbocycles. The number of halogens is 4. The quantitative estimate of drug-likeness (QED) is 0.341. The van der Waals surface area contributed by atoms with E-state index in [4.69, 9.17) is 0 Å². The molecule has 178 valence electrons. The average Bonchev–Trinajstić information content (AvgIpc) is 3.19. The first-order valence-corrected chi connectivity index (χ1v) is 10.9. The largest absolute Gasteiger partial charge is 0.416 e. The molecular formula is C25H24F4N4O. The van der Waals surface area contributed by atoms with Gasteiger partial charge in [0.25, 0.3) is 5.56 Å². The molecule has 0 atom stereocenters. The molecule has 5 nitrogen and oxygen atoms in total. The highest BCUT2D eigenvalue weighted by Gasteiger charge is 2.31. The molecule has 2 heterocycles. The molecule has 2 aromatic carbocycles. The fraction of sp³-hybridized carbons (Fsp3) is 0.280. The lowest BCUT2D eigenvalue weighted by atomic mass is 10.0. The number of hydrogen-bond donors (Lipinski definition) is 0. The molecule has 0 saturated heterocycles. The van der Waals surface area contributed by atoms with Crippen molar-refractivity contribution < 1.29 is 17.6 Å². The molecule has 0 aliphatic heterocycles. The molecule has 34 heavy (non-hydrogen) atoms. The molecular weight excluding hydrogens is 448 g/mol. The van der Waals surface area contributed by atoms with Crippen LogP contribution in [-0.2, 0) is 12.7 Å². The summed E-state index contributed by atoms with van der Waals surface area (Å²) < 4.78 is 56.1. The monoisotopic (exact) mass is 472 g/mol. The van der Waals surface area contributed by atoms with Gasteiger partial charge in [-0.1, -0.05) is 13.0 Å². The SMILES string of the molecule is CCCN(C)CCn1ncc2cc(-n3ccc(-c4ccc(C(F)(F)F)cc4F)cc3=O)ccc21. The summed E-state index contributed by atoms with van der Waals surface area (Å²) in [6, 6.07) is 10.5. The Bertz CT molecular complexity index is 1370. The van der Waals surface area contributed by atoms with E-state index in [-0.39, 0.29) is 11.1 Å². The minimum Gasteiger partial charge on any atom is -0.305 e. The normalized spacial score (nSPS) is 12.1. The number of rotatable bonds is 7. The zero-order chi connectivity index (χ0) is 24.5. The van der Waals surface area contributed by atoms with Gasteiger partial charge in [0, 0.05) is 35.4 Å². The van der Waals surface area contributed by atoms with Crippen LogP contribution in [0, 0.1) is 5.82 Å². The molecule has 9 heteroatoms. The van der Waals surface area contributed by atoms with Crippen LogP contribution in [0.15, 0.2) is 65.7 Å². The van der Waals surface area contributed by atoms with Gasteiger partial charge in [0.05, 0.1) is 23.8 Å². The van der Waals surface area contributed by atoms with E-state index in [0.717, 1.165) is 49.1 Å². The van der Waals surface area contributed by atoms with Gasteiger partial charge in [-0.15, -0.1) is 0 Å². The van der Waals surface area contributed by atoms with Crippen LogP contribution in [0.25, 0.3) is 27.7 Å². The summed E-state index contributed by atoms with van der Waals surface area (Å²) in [5, 5.41) is 5.33. The topological polar surface area (TPSA) is 43.1 Å². The maximum absolute atomic E-state index is 14.3. The minimum absolute atomic E-state index is 0.0676. The molecule has 0 bridgehead atoms. The highest BCUT2D eigenvalue weighted by Crippen LogP contribution is 2.32. The Balaban J connectivity index is 1.60. The number of alkyl halides is 3. The van der Waals surface area contributed by atoms with Crippen LogP contribution in [0.5, 0.6) is 0 Å². The Kier molecular flexibility index (Phi) is 6.56. The molecule has 0 N–H and O–H groups in total. The second kappa shape index (κ2) is 9.42. The summed E-state index contributed by atoms with van der Waals surface area (Å²) in [5.74, 6) is -1.04. The van der Waals surface area contributed by atoms with Gasteiger partial charge in [0.15, 0.2) is 0 Å². The zero-order valence-corrected chi connectivity index (χ0v) is 18.8. The summed E-state index contributed by atoms with van der Waals surface area (Å²) in [6.07, 6.45) is -0.324. The highest BCUT2D eigenvalue weighted by atomic mass is 19.4. The molecule has 0 radical (unpaired) electrons.